The maximum atomic E-state index is 4.67. The Labute approximate surface area is 103 Å². The van der Waals surface area contributed by atoms with Crippen LogP contribution in [0.4, 0.5) is 0 Å². The van der Waals surface area contributed by atoms with Gasteiger partial charge >= 0.3 is 0 Å². The van der Waals surface area contributed by atoms with Crippen LogP contribution in [0.5, 0.6) is 0 Å². The molecule has 0 bridgehead atoms. The number of likely N-dealkylation sites (tertiary alicyclic amines) is 1. The van der Waals surface area contributed by atoms with Gasteiger partial charge in [0.05, 0.1) is 6.54 Å². The fourth-order valence-electron chi connectivity index (χ4n) is 2.42. The molecule has 2 unspecified atom stereocenters. The van der Waals surface area contributed by atoms with Gasteiger partial charge in [-0.05, 0) is 39.3 Å². The molecule has 0 spiro atoms. The topological polar surface area (TPSA) is 27.6 Å². The SMILES string of the molecule is CC1CC(C)SC(=NCCN2CCCC2)N1. The van der Waals surface area contributed by atoms with Gasteiger partial charge in [-0.3, -0.25) is 4.99 Å². The van der Waals surface area contributed by atoms with Crippen LogP contribution in [0.1, 0.15) is 33.1 Å². The van der Waals surface area contributed by atoms with Crippen molar-refractivity contribution in [2.45, 2.75) is 44.4 Å². The molecule has 2 rings (SSSR count). The van der Waals surface area contributed by atoms with E-state index in [1.165, 1.54) is 32.4 Å². The molecule has 0 saturated carbocycles. The summed E-state index contributed by atoms with van der Waals surface area (Å²) < 4.78 is 0. The molecular weight excluding hydrogens is 218 g/mol. The van der Waals surface area contributed by atoms with Crippen LogP contribution in [0.2, 0.25) is 0 Å². The van der Waals surface area contributed by atoms with Gasteiger partial charge in [0.25, 0.3) is 0 Å². The summed E-state index contributed by atoms with van der Waals surface area (Å²) in [6.07, 6.45) is 3.99. The third-order valence-electron chi connectivity index (χ3n) is 3.24. The lowest BCUT2D eigenvalue weighted by atomic mass is 10.2. The minimum absolute atomic E-state index is 0.585. The van der Waals surface area contributed by atoms with Crippen LogP contribution in [-0.2, 0) is 0 Å². The highest BCUT2D eigenvalue weighted by atomic mass is 32.2. The molecule has 2 saturated heterocycles. The summed E-state index contributed by atoms with van der Waals surface area (Å²) in [4.78, 5) is 7.19. The van der Waals surface area contributed by atoms with Crippen LogP contribution in [0.3, 0.4) is 0 Å². The quantitative estimate of drug-likeness (QED) is 0.818. The third-order valence-corrected chi connectivity index (χ3v) is 4.30. The van der Waals surface area contributed by atoms with E-state index >= 15 is 0 Å². The number of nitrogens with one attached hydrogen (secondary N) is 1. The Balaban J connectivity index is 1.73. The summed E-state index contributed by atoms with van der Waals surface area (Å²) in [5.74, 6) is 0. The second kappa shape index (κ2) is 5.92. The molecule has 2 heterocycles. The molecule has 2 atom stereocenters. The van der Waals surface area contributed by atoms with Crippen molar-refractivity contribution in [3.8, 4) is 0 Å². The van der Waals surface area contributed by atoms with Gasteiger partial charge < -0.3 is 10.2 Å². The van der Waals surface area contributed by atoms with E-state index in [-0.39, 0.29) is 0 Å². The van der Waals surface area contributed by atoms with E-state index in [1.54, 1.807) is 0 Å². The fraction of sp³-hybridized carbons (Fsp3) is 0.917. The molecule has 3 nitrogen and oxygen atoms in total. The minimum Gasteiger partial charge on any atom is -0.362 e. The fourth-order valence-corrected chi connectivity index (χ4v) is 3.62. The lowest BCUT2D eigenvalue weighted by molar-refractivity contribution is 0.349. The summed E-state index contributed by atoms with van der Waals surface area (Å²) >= 11 is 1.89. The third kappa shape index (κ3) is 3.67. The normalized spacial score (nSPS) is 34.2. The first-order valence-electron chi connectivity index (χ1n) is 6.44. The first kappa shape index (κ1) is 12.2. The zero-order valence-electron chi connectivity index (χ0n) is 10.4. The van der Waals surface area contributed by atoms with Gasteiger partial charge in [0.2, 0.25) is 0 Å². The van der Waals surface area contributed by atoms with Crippen molar-refractivity contribution >= 4 is 16.9 Å². The van der Waals surface area contributed by atoms with Gasteiger partial charge in [-0.1, -0.05) is 18.7 Å². The van der Waals surface area contributed by atoms with Crippen molar-refractivity contribution in [2.75, 3.05) is 26.2 Å². The Morgan fingerprint density at radius 1 is 1.38 bits per heavy atom. The largest absolute Gasteiger partial charge is 0.362 e. The molecule has 92 valence electrons. The first-order chi connectivity index (χ1) is 7.74. The lowest BCUT2D eigenvalue weighted by Crippen LogP contribution is -2.38. The monoisotopic (exact) mass is 241 g/mol. The van der Waals surface area contributed by atoms with Gasteiger partial charge in [0, 0.05) is 17.8 Å². The molecule has 0 aromatic heterocycles. The van der Waals surface area contributed by atoms with Crippen molar-refractivity contribution in [3.05, 3.63) is 0 Å². The Morgan fingerprint density at radius 2 is 2.12 bits per heavy atom. The standard InChI is InChI=1S/C12H23N3S/c1-10-9-11(2)16-12(14-10)13-5-8-15-6-3-4-7-15/h10-11H,3-9H2,1-2H3,(H,13,14). The van der Waals surface area contributed by atoms with E-state index < -0.39 is 0 Å². The number of aliphatic imine (C=N–C) groups is 1. The average Bonchev–Trinajstić information content (AvgIpc) is 2.69. The zero-order chi connectivity index (χ0) is 11.4. The summed E-state index contributed by atoms with van der Waals surface area (Å²) in [5.41, 5.74) is 0. The highest BCUT2D eigenvalue weighted by Crippen LogP contribution is 2.22. The number of hydrogen-bond acceptors (Lipinski definition) is 3. The second-order valence-corrected chi connectivity index (χ2v) is 6.37. The van der Waals surface area contributed by atoms with E-state index in [1.807, 2.05) is 11.8 Å². The van der Waals surface area contributed by atoms with Gasteiger partial charge in [0.1, 0.15) is 0 Å². The molecule has 16 heavy (non-hydrogen) atoms. The Bertz CT molecular complexity index is 237. The van der Waals surface area contributed by atoms with E-state index in [0.29, 0.717) is 11.3 Å². The van der Waals surface area contributed by atoms with Crippen LogP contribution in [0, 0.1) is 0 Å². The molecule has 0 aromatic carbocycles. The summed E-state index contributed by atoms with van der Waals surface area (Å²) in [6.45, 7) is 9.17. The second-order valence-electron chi connectivity index (χ2n) is 4.95. The van der Waals surface area contributed by atoms with Gasteiger partial charge in [-0.2, -0.15) is 0 Å². The average molecular weight is 241 g/mol. The van der Waals surface area contributed by atoms with Gasteiger partial charge in [0.15, 0.2) is 5.17 Å². The molecule has 0 aliphatic carbocycles. The first-order valence-corrected chi connectivity index (χ1v) is 7.32. The highest BCUT2D eigenvalue weighted by Gasteiger charge is 2.19. The predicted octanol–water partition coefficient (Wildman–Crippen LogP) is 1.94. The highest BCUT2D eigenvalue weighted by molar-refractivity contribution is 8.14. The Hall–Kier alpha value is -0.220. The summed E-state index contributed by atoms with van der Waals surface area (Å²) in [5, 5.41) is 5.33. The minimum atomic E-state index is 0.585. The van der Waals surface area contributed by atoms with Gasteiger partial charge in [-0.25, -0.2) is 0 Å². The molecule has 1 N–H and O–H groups in total. The maximum Gasteiger partial charge on any atom is 0.157 e. The van der Waals surface area contributed by atoms with E-state index in [2.05, 4.69) is 29.1 Å². The zero-order valence-corrected chi connectivity index (χ0v) is 11.2. The molecule has 0 radical (unpaired) electrons. The van der Waals surface area contributed by atoms with Crippen LogP contribution in [-0.4, -0.2) is 47.5 Å². The maximum absolute atomic E-state index is 4.67. The summed E-state index contributed by atoms with van der Waals surface area (Å²) in [7, 11) is 0. The lowest BCUT2D eigenvalue weighted by Gasteiger charge is -2.27. The molecule has 4 heteroatoms. The molecule has 2 aliphatic rings. The Morgan fingerprint density at radius 3 is 2.81 bits per heavy atom. The van der Waals surface area contributed by atoms with Crippen LogP contribution >= 0.6 is 11.8 Å². The molecule has 0 aromatic rings. The molecule has 0 amide bonds. The van der Waals surface area contributed by atoms with Crippen LogP contribution in [0.15, 0.2) is 4.99 Å². The van der Waals surface area contributed by atoms with E-state index in [0.717, 1.165) is 18.3 Å². The summed E-state index contributed by atoms with van der Waals surface area (Å²) in [6, 6.07) is 0.585. The molecule has 2 fully saturated rings. The van der Waals surface area contributed by atoms with E-state index in [4.69, 9.17) is 0 Å². The number of rotatable bonds is 3. The van der Waals surface area contributed by atoms with Crippen LogP contribution < -0.4 is 5.32 Å². The Kier molecular flexibility index (Phi) is 4.53. The number of hydrogen-bond donors (Lipinski definition) is 1. The molecular formula is C12H23N3S. The number of thioether (sulfide) groups is 1. The molecule has 2 aliphatic heterocycles. The number of nitrogens with zero attached hydrogens (tertiary/aromatic N) is 2. The van der Waals surface area contributed by atoms with Gasteiger partial charge in [-0.15, -0.1) is 0 Å². The van der Waals surface area contributed by atoms with Crippen molar-refractivity contribution in [2.24, 2.45) is 4.99 Å². The van der Waals surface area contributed by atoms with Crippen molar-refractivity contribution in [3.63, 3.8) is 0 Å². The van der Waals surface area contributed by atoms with Crippen LogP contribution in [0.25, 0.3) is 0 Å². The van der Waals surface area contributed by atoms with Crippen molar-refractivity contribution in [1.29, 1.82) is 0 Å². The predicted molar refractivity (Wildman–Crippen MR) is 72.2 cm³/mol. The van der Waals surface area contributed by atoms with Crippen molar-refractivity contribution in [1.82, 2.24) is 10.2 Å². The van der Waals surface area contributed by atoms with Crippen molar-refractivity contribution < 1.29 is 0 Å². The van der Waals surface area contributed by atoms with E-state index in [9.17, 15) is 0 Å². The smallest absolute Gasteiger partial charge is 0.157 e. The number of amidine groups is 1.